The van der Waals surface area contributed by atoms with E-state index >= 15 is 0 Å². The highest BCUT2D eigenvalue weighted by atomic mass is 16.4. The molecular formula is C35H52N12O12. The number of aliphatic hydroxyl groups excluding tert-OH is 1. The molecule has 1 aromatic carbocycles. The van der Waals surface area contributed by atoms with E-state index in [-0.39, 0.29) is 56.8 Å². The number of aromatic hydroxyl groups is 1. The number of benzene rings is 1. The molecule has 0 fully saturated rings. The largest absolute Gasteiger partial charge is 0.508 e. The summed E-state index contributed by atoms with van der Waals surface area (Å²) < 4.78 is 0. The van der Waals surface area contributed by atoms with Crippen molar-refractivity contribution in [3.63, 3.8) is 0 Å². The van der Waals surface area contributed by atoms with E-state index in [1.807, 2.05) is 0 Å². The number of hydrogen-bond donors (Lipinski definition) is 14. The maximum absolute atomic E-state index is 14.1. The molecule has 2 rings (SSSR count). The monoisotopic (exact) mass is 832 g/mol. The summed E-state index contributed by atoms with van der Waals surface area (Å²) in [5.41, 5.74) is 22.5. The number of carbonyl (C=O) groups excluding carboxylic acids is 6. The Balaban J connectivity index is 2.44. The molecule has 0 unspecified atom stereocenters. The number of carboxylic acids is 2. The standard InChI is InChI=1S/C35H52N12O12/c1-17(48)28(33(57)44-23(34(58)59)9-10-26(37)50)47-32(56)25(14-19-15-40-16-42-19)46-31(55)24(13-18-4-6-20(49)7-5-18)45-30(54)22(3-2-12-41-35(38)39)43-29(53)21(36)8-11-27(51)52/h4-7,15-17,21-25,28,48-49H,2-3,8-14,36H2,1H3,(H2,37,50)(H,40,42)(H,43,53)(H,44,57)(H,45,54)(H,46,55)(H,47,56)(H,51,52)(H,58,59)(H4,38,39,41)/t17-,21+,22+,23+,24+,25+,28+/m1/s1. The van der Waals surface area contributed by atoms with E-state index in [1.54, 1.807) is 0 Å². The van der Waals surface area contributed by atoms with Gasteiger partial charge < -0.3 is 74.9 Å². The Morgan fingerprint density at radius 2 is 1.32 bits per heavy atom. The third-order valence-electron chi connectivity index (χ3n) is 8.56. The Hall–Kier alpha value is -6.82. The van der Waals surface area contributed by atoms with Crippen LogP contribution in [0.4, 0.5) is 0 Å². The smallest absolute Gasteiger partial charge is 0.326 e. The number of carboxylic acid groups (broad SMARTS) is 2. The van der Waals surface area contributed by atoms with E-state index in [9.17, 15) is 53.7 Å². The molecule has 0 aliphatic rings. The molecule has 324 valence electrons. The maximum atomic E-state index is 14.1. The van der Waals surface area contributed by atoms with E-state index in [0.29, 0.717) is 11.3 Å². The molecule has 1 heterocycles. The van der Waals surface area contributed by atoms with Crippen LogP contribution in [0.15, 0.2) is 41.8 Å². The Labute approximate surface area is 337 Å². The molecule has 24 nitrogen and oxygen atoms in total. The van der Waals surface area contributed by atoms with Crippen LogP contribution in [0.3, 0.4) is 0 Å². The van der Waals surface area contributed by atoms with Crippen LogP contribution in [-0.4, -0.2) is 133 Å². The van der Waals surface area contributed by atoms with Crippen LogP contribution in [0.5, 0.6) is 5.75 Å². The summed E-state index contributed by atoms with van der Waals surface area (Å²) in [4.78, 5) is 112. The fourth-order valence-corrected chi connectivity index (χ4v) is 5.37. The minimum absolute atomic E-state index is 0.0463. The number of nitrogens with two attached hydrogens (primary N) is 4. The summed E-state index contributed by atoms with van der Waals surface area (Å²) in [5, 5.41) is 50.8. The number of aromatic amines is 1. The zero-order valence-electron chi connectivity index (χ0n) is 32.1. The summed E-state index contributed by atoms with van der Waals surface area (Å²) in [6.45, 7) is 1.19. The number of carbonyl (C=O) groups is 8. The summed E-state index contributed by atoms with van der Waals surface area (Å²) in [5.74, 6) is -8.74. The summed E-state index contributed by atoms with van der Waals surface area (Å²) in [6, 6.07) is -3.48. The molecule has 0 aliphatic heterocycles. The second kappa shape index (κ2) is 24.1. The molecule has 0 radical (unpaired) electrons. The van der Waals surface area contributed by atoms with Gasteiger partial charge in [0.05, 0.1) is 18.5 Å². The first kappa shape index (κ1) is 48.3. The first-order valence-electron chi connectivity index (χ1n) is 18.3. The predicted octanol–water partition coefficient (Wildman–Crippen LogP) is -4.70. The SMILES string of the molecule is C[C@@H](O)[C@H](NC(=O)[C@H](Cc1cnc[nH]1)NC(=O)[C@H](Cc1ccc(O)cc1)NC(=O)[C@H](CCCN=C(N)N)NC(=O)[C@@H](N)CCC(=O)O)C(=O)N[C@@H](CCC(N)=O)C(=O)O. The fourth-order valence-electron chi connectivity index (χ4n) is 5.37. The zero-order valence-corrected chi connectivity index (χ0v) is 32.1. The molecular weight excluding hydrogens is 780 g/mol. The third kappa shape index (κ3) is 17.9. The van der Waals surface area contributed by atoms with Gasteiger partial charge in [-0.15, -0.1) is 0 Å². The Morgan fingerprint density at radius 1 is 0.746 bits per heavy atom. The van der Waals surface area contributed by atoms with Crippen molar-refractivity contribution in [2.45, 2.75) is 101 Å². The average molecular weight is 833 g/mol. The van der Waals surface area contributed by atoms with E-state index in [2.05, 4.69) is 41.5 Å². The number of phenols is 1. The van der Waals surface area contributed by atoms with Crippen LogP contribution in [0, 0.1) is 0 Å². The number of nitrogens with zero attached hydrogens (tertiary/aromatic N) is 2. The molecule has 59 heavy (non-hydrogen) atoms. The van der Waals surface area contributed by atoms with Gasteiger partial charge in [0.25, 0.3) is 0 Å². The number of aliphatic carboxylic acids is 2. The molecule has 18 N–H and O–H groups in total. The van der Waals surface area contributed by atoms with Gasteiger partial charge in [-0.05, 0) is 50.3 Å². The number of hydrogen-bond acceptors (Lipinski definition) is 13. The van der Waals surface area contributed by atoms with Crippen molar-refractivity contribution in [1.82, 2.24) is 36.6 Å². The lowest BCUT2D eigenvalue weighted by atomic mass is 10.0. The maximum Gasteiger partial charge on any atom is 0.326 e. The van der Waals surface area contributed by atoms with Gasteiger partial charge in [-0.2, -0.15) is 0 Å². The molecule has 24 heteroatoms. The molecule has 0 spiro atoms. The number of nitrogens with one attached hydrogen (secondary N) is 6. The molecule has 0 saturated heterocycles. The Bertz CT molecular complexity index is 1790. The Morgan fingerprint density at radius 3 is 1.86 bits per heavy atom. The van der Waals surface area contributed by atoms with Gasteiger partial charge in [0.2, 0.25) is 35.4 Å². The number of rotatable bonds is 26. The van der Waals surface area contributed by atoms with Crippen LogP contribution >= 0.6 is 0 Å². The van der Waals surface area contributed by atoms with Gasteiger partial charge in [-0.1, -0.05) is 12.1 Å². The second-order valence-corrected chi connectivity index (χ2v) is 13.5. The molecule has 1 aromatic heterocycles. The van der Waals surface area contributed by atoms with Crippen molar-refractivity contribution < 1.29 is 58.8 Å². The van der Waals surface area contributed by atoms with E-state index < -0.39 is 103 Å². The first-order valence-corrected chi connectivity index (χ1v) is 18.3. The highest BCUT2D eigenvalue weighted by Crippen LogP contribution is 2.13. The van der Waals surface area contributed by atoms with E-state index in [4.69, 9.17) is 28.0 Å². The number of amides is 6. The van der Waals surface area contributed by atoms with Crippen LogP contribution in [0.1, 0.15) is 56.7 Å². The zero-order chi connectivity index (χ0) is 44.2. The molecule has 0 aliphatic carbocycles. The number of aromatic nitrogens is 2. The van der Waals surface area contributed by atoms with Crippen LogP contribution in [0.25, 0.3) is 0 Å². The highest BCUT2D eigenvalue weighted by molar-refractivity contribution is 5.96. The minimum atomic E-state index is -1.77. The van der Waals surface area contributed by atoms with Gasteiger partial charge in [0.1, 0.15) is 36.0 Å². The fraction of sp³-hybridized carbons (Fsp3) is 0.486. The number of primary amides is 1. The summed E-state index contributed by atoms with van der Waals surface area (Å²) in [7, 11) is 0. The number of aliphatic hydroxyl groups is 1. The lowest BCUT2D eigenvalue weighted by molar-refractivity contribution is -0.143. The van der Waals surface area contributed by atoms with E-state index in [0.717, 1.165) is 6.92 Å². The molecule has 0 bridgehead atoms. The number of guanidine groups is 1. The topological polar surface area (TPSA) is 423 Å². The Kier molecular flexibility index (Phi) is 19.7. The normalized spacial score (nSPS) is 14.4. The van der Waals surface area contributed by atoms with Crippen LogP contribution in [-0.2, 0) is 51.2 Å². The molecule has 6 amide bonds. The van der Waals surface area contributed by atoms with Gasteiger partial charge in [0, 0.05) is 44.1 Å². The number of imidazole rings is 1. The highest BCUT2D eigenvalue weighted by Gasteiger charge is 2.35. The first-order chi connectivity index (χ1) is 27.8. The average Bonchev–Trinajstić information content (AvgIpc) is 3.68. The minimum Gasteiger partial charge on any atom is -0.508 e. The predicted molar refractivity (Wildman–Crippen MR) is 206 cm³/mol. The van der Waals surface area contributed by atoms with Crippen molar-refractivity contribution >= 4 is 53.3 Å². The van der Waals surface area contributed by atoms with Crippen molar-refractivity contribution in [3.05, 3.63) is 48.0 Å². The van der Waals surface area contributed by atoms with Gasteiger partial charge in [-0.25, -0.2) is 9.78 Å². The lowest BCUT2D eigenvalue weighted by Gasteiger charge is -2.28. The van der Waals surface area contributed by atoms with Crippen LogP contribution in [0.2, 0.25) is 0 Å². The molecule has 2 aromatic rings. The third-order valence-corrected chi connectivity index (χ3v) is 8.56. The molecule has 0 saturated carbocycles. The lowest BCUT2D eigenvalue weighted by Crippen LogP contribution is -2.61. The quantitative estimate of drug-likeness (QED) is 0.0241. The number of aliphatic imine (C=N–C) groups is 1. The molecule has 7 atom stereocenters. The van der Waals surface area contributed by atoms with Crippen molar-refractivity contribution in [3.8, 4) is 5.75 Å². The number of H-pyrrole nitrogens is 1. The summed E-state index contributed by atoms with van der Waals surface area (Å²) in [6.07, 6.45) is -0.869. The second-order valence-electron chi connectivity index (χ2n) is 13.5. The number of phenolic OH excluding ortho intramolecular Hbond substituents is 1. The van der Waals surface area contributed by atoms with Gasteiger partial charge in [0.15, 0.2) is 5.96 Å². The summed E-state index contributed by atoms with van der Waals surface area (Å²) >= 11 is 0. The van der Waals surface area contributed by atoms with Crippen molar-refractivity contribution in [1.29, 1.82) is 0 Å². The van der Waals surface area contributed by atoms with Crippen molar-refractivity contribution in [2.75, 3.05) is 6.54 Å². The van der Waals surface area contributed by atoms with Crippen LogP contribution < -0.4 is 49.5 Å². The van der Waals surface area contributed by atoms with E-state index in [1.165, 1.54) is 36.8 Å². The van der Waals surface area contributed by atoms with Gasteiger partial charge in [-0.3, -0.25) is 38.6 Å². The van der Waals surface area contributed by atoms with Crippen molar-refractivity contribution in [2.24, 2.45) is 27.9 Å². The van der Waals surface area contributed by atoms with Gasteiger partial charge >= 0.3 is 11.9 Å².